The number of nitrogens with one attached hydrogen (secondary N) is 2. The van der Waals surface area contributed by atoms with Gasteiger partial charge in [-0.25, -0.2) is 0 Å². The molecule has 0 saturated carbocycles. The Labute approximate surface area is 75.9 Å². The normalized spacial score (nSPS) is 9.00. The number of hydrazine groups is 1. The minimum Gasteiger partial charge on any atom is -0.273 e. The van der Waals surface area contributed by atoms with Gasteiger partial charge < -0.3 is 0 Å². The number of carbonyl (C=O) groups excluding carboxylic acids is 2. The summed E-state index contributed by atoms with van der Waals surface area (Å²) in [6.45, 7) is 3.04. The topological polar surface area (TPSA) is 58.2 Å². The molecule has 2 N–H and O–H groups in total. The van der Waals surface area contributed by atoms with Crippen molar-refractivity contribution in [3.05, 3.63) is 42.8 Å². The molecule has 67 valence electrons. The van der Waals surface area contributed by atoms with Crippen LogP contribution in [0.1, 0.15) is 10.4 Å². The van der Waals surface area contributed by atoms with Crippen LogP contribution in [0.2, 0.25) is 0 Å². The fourth-order valence-corrected chi connectivity index (χ4v) is 0.788. The van der Waals surface area contributed by atoms with Crippen LogP contribution in [0, 0.1) is 6.92 Å². The molecule has 0 unspecified atom stereocenters. The summed E-state index contributed by atoms with van der Waals surface area (Å²) in [6.07, 6.45) is 0. The Balaban J connectivity index is 2.54. The first-order chi connectivity index (χ1) is 6.20. The minimum atomic E-state index is -0.552. The lowest BCUT2D eigenvalue weighted by atomic mass is 10.2. The van der Waals surface area contributed by atoms with E-state index in [0.29, 0.717) is 5.56 Å². The Morgan fingerprint density at radius 1 is 1.08 bits per heavy atom. The van der Waals surface area contributed by atoms with E-state index in [0.717, 1.165) is 0 Å². The van der Waals surface area contributed by atoms with Crippen LogP contribution < -0.4 is 10.9 Å². The maximum absolute atomic E-state index is 11.2. The zero-order valence-corrected chi connectivity index (χ0v) is 6.91. The molecule has 0 saturated heterocycles. The molecule has 2 amide bonds. The van der Waals surface area contributed by atoms with Crippen LogP contribution in [0.5, 0.6) is 0 Å². The molecule has 1 aromatic carbocycles. The van der Waals surface area contributed by atoms with Crippen molar-refractivity contribution in [2.24, 2.45) is 0 Å². The molecule has 0 aromatic heterocycles. The number of rotatable bonds is 1. The summed E-state index contributed by atoms with van der Waals surface area (Å²) in [4.78, 5) is 21.5. The van der Waals surface area contributed by atoms with E-state index in [1.54, 1.807) is 30.3 Å². The van der Waals surface area contributed by atoms with Crippen molar-refractivity contribution < 1.29 is 9.59 Å². The molecular formula is C9H9N2O2. The van der Waals surface area contributed by atoms with Crippen LogP contribution in [0.25, 0.3) is 0 Å². The lowest BCUT2D eigenvalue weighted by molar-refractivity contribution is -0.117. The quantitative estimate of drug-likeness (QED) is 0.605. The summed E-state index contributed by atoms with van der Waals surface area (Å²) in [6, 6.07) is 8.56. The SMILES string of the molecule is [CH2]C(=O)NNC(=O)c1ccccc1. The van der Waals surface area contributed by atoms with Crippen molar-refractivity contribution in [2.45, 2.75) is 0 Å². The van der Waals surface area contributed by atoms with Gasteiger partial charge in [0.05, 0.1) is 0 Å². The van der Waals surface area contributed by atoms with Gasteiger partial charge in [-0.05, 0) is 12.1 Å². The lowest BCUT2D eigenvalue weighted by Crippen LogP contribution is -2.40. The van der Waals surface area contributed by atoms with Gasteiger partial charge >= 0.3 is 0 Å². The smallest absolute Gasteiger partial charge is 0.269 e. The molecule has 4 nitrogen and oxygen atoms in total. The van der Waals surface area contributed by atoms with Crippen LogP contribution in [0.15, 0.2) is 30.3 Å². The van der Waals surface area contributed by atoms with E-state index in [1.807, 2.05) is 0 Å². The average molecular weight is 177 g/mol. The molecule has 4 heteroatoms. The third-order valence-corrected chi connectivity index (χ3v) is 1.35. The van der Waals surface area contributed by atoms with Gasteiger partial charge in [-0.2, -0.15) is 0 Å². The van der Waals surface area contributed by atoms with Crippen LogP contribution in [0.4, 0.5) is 0 Å². The zero-order chi connectivity index (χ0) is 9.68. The molecule has 13 heavy (non-hydrogen) atoms. The molecule has 0 aliphatic heterocycles. The summed E-state index contributed by atoms with van der Waals surface area (Å²) in [5, 5.41) is 0. The zero-order valence-electron chi connectivity index (χ0n) is 6.91. The molecule has 0 fully saturated rings. The summed E-state index contributed by atoms with van der Waals surface area (Å²) >= 11 is 0. The third-order valence-electron chi connectivity index (χ3n) is 1.35. The van der Waals surface area contributed by atoms with Gasteiger partial charge in [-0.1, -0.05) is 18.2 Å². The minimum absolute atomic E-state index is 0.363. The second kappa shape index (κ2) is 4.25. The van der Waals surface area contributed by atoms with Crippen molar-refractivity contribution in [2.75, 3.05) is 0 Å². The van der Waals surface area contributed by atoms with Crippen LogP contribution in [-0.2, 0) is 4.79 Å². The molecule has 0 aliphatic rings. The fraction of sp³-hybridized carbons (Fsp3) is 0. The van der Waals surface area contributed by atoms with E-state index in [1.165, 1.54) is 0 Å². The molecule has 0 heterocycles. The van der Waals surface area contributed by atoms with E-state index >= 15 is 0 Å². The molecule has 0 spiro atoms. The van der Waals surface area contributed by atoms with Crippen molar-refractivity contribution in [1.82, 2.24) is 10.9 Å². The number of amides is 2. The standard InChI is InChI=1S/C9H9N2O2/c1-7(12)10-11-9(13)8-5-3-2-4-6-8/h2-6H,1H2,(H,10,12)(H,11,13). The van der Waals surface area contributed by atoms with Gasteiger partial charge in [-0.15, -0.1) is 0 Å². The third kappa shape index (κ3) is 2.94. The van der Waals surface area contributed by atoms with E-state index < -0.39 is 5.91 Å². The van der Waals surface area contributed by atoms with E-state index in [2.05, 4.69) is 17.8 Å². The summed E-state index contributed by atoms with van der Waals surface area (Å²) < 4.78 is 0. The predicted octanol–water partition coefficient (Wildman–Crippen LogP) is 0.282. The second-order valence-corrected chi connectivity index (χ2v) is 2.37. The van der Waals surface area contributed by atoms with Crippen molar-refractivity contribution in [1.29, 1.82) is 0 Å². The number of hydrogen-bond acceptors (Lipinski definition) is 2. The molecule has 0 aliphatic carbocycles. The Hall–Kier alpha value is -1.84. The van der Waals surface area contributed by atoms with Crippen LogP contribution in [0.3, 0.4) is 0 Å². The van der Waals surface area contributed by atoms with Gasteiger partial charge in [-0.3, -0.25) is 20.4 Å². The van der Waals surface area contributed by atoms with Gasteiger partial charge in [0.25, 0.3) is 5.91 Å². The Bertz CT molecular complexity index is 309. The van der Waals surface area contributed by atoms with E-state index in [9.17, 15) is 9.59 Å². The first-order valence-corrected chi connectivity index (χ1v) is 3.67. The molecular weight excluding hydrogens is 168 g/mol. The molecule has 1 radical (unpaired) electrons. The fourth-order valence-electron chi connectivity index (χ4n) is 0.788. The van der Waals surface area contributed by atoms with E-state index in [4.69, 9.17) is 0 Å². The Morgan fingerprint density at radius 2 is 1.69 bits per heavy atom. The monoisotopic (exact) mass is 177 g/mol. The average Bonchev–Trinajstić information content (AvgIpc) is 2.15. The maximum atomic E-state index is 11.2. The van der Waals surface area contributed by atoms with Gasteiger partial charge in [0.2, 0.25) is 5.91 Å². The summed E-state index contributed by atoms with van der Waals surface area (Å²) in [7, 11) is 0. The molecule has 0 atom stereocenters. The van der Waals surface area contributed by atoms with Gasteiger partial charge in [0, 0.05) is 12.5 Å². The van der Waals surface area contributed by atoms with Crippen molar-refractivity contribution >= 4 is 11.8 Å². The molecule has 0 bridgehead atoms. The van der Waals surface area contributed by atoms with Gasteiger partial charge in [0.15, 0.2) is 0 Å². The van der Waals surface area contributed by atoms with Crippen molar-refractivity contribution in [3.63, 3.8) is 0 Å². The van der Waals surface area contributed by atoms with Gasteiger partial charge in [0.1, 0.15) is 0 Å². The lowest BCUT2D eigenvalue weighted by Gasteiger charge is -2.03. The highest BCUT2D eigenvalue weighted by Crippen LogP contribution is 1.96. The highest BCUT2D eigenvalue weighted by Gasteiger charge is 2.02. The van der Waals surface area contributed by atoms with E-state index in [-0.39, 0.29) is 5.91 Å². The Kier molecular flexibility index (Phi) is 3.03. The maximum Gasteiger partial charge on any atom is 0.269 e. The summed E-state index contributed by atoms with van der Waals surface area (Å²) in [5.74, 6) is -0.915. The predicted molar refractivity (Wildman–Crippen MR) is 47.4 cm³/mol. The van der Waals surface area contributed by atoms with Crippen LogP contribution in [-0.4, -0.2) is 11.8 Å². The number of hydrogen-bond donors (Lipinski definition) is 2. The first kappa shape index (κ1) is 9.25. The summed E-state index contributed by atoms with van der Waals surface area (Å²) in [5.41, 5.74) is 4.77. The largest absolute Gasteiger partial charge is 0.273 e. The highest BCUT2D eigenvalue weighted by atomic mass is 16.2. The number of carbonyl (C=O) groups is 2. The van der Waals surface area contributed by atoms with Crippen molar-refractivity contribution in [3.8, 4) is 0 Å². The number of benzene rings is 1. The molecule has 1 aromatic rings. The van der Waals surface area contributed by atoms with Crippen LogP contribution >= 0.6 is 0 Å². The first-order valence-electron chi connectivity index (χ1n) is 3.67. The molecule has 1 rings (SSSR count). The second-order valence-electron chi connectivity index (χ2n) is 2.37. The highest BCUT2D eigenvalue weighted by molar-refractivity contribution is 5.95. The Morgan fingerprint density at radius 3 is 2.23 bits per heavy atom.